The number of ketones is 1. The number of aromatic nitrogens is 2. The van der Waals surface area contributed by atoms with Gasteiger partial charge in [0.1, 0.15) is 16.2 Å². The number of aryl methyl sites for hydroxylation is 2. The average Bonchev–Trinajstić information content (AvgIpc) is 3.14. The van der Waals surface area contributed by atoms with E-state index in [0.29, 0.717) is 21.6 Å². The Balaban J connectivity index is 1.75. The number of hydrogen-bond acceptors (Lipinski definition) is 5. The van der Waals surface area contributed by atoms with E-state index in [-0.39, 0.29) is 23.6 Å². The zero-order chi connectivity index (χ0) is 16.8. The molecule has 3 aromatic heterocycles. The molecule has 4 aromatic rings. The van der Waals surface area contributed by atoms with Crippen molar-refractivity contribution in [2.75, 3.05) is 0 Å². The number of fused-ring (bicyclic) bond motifs is 2. The fourth-order valence-corrected chi connectivity index (χ4v) is 3.68. The summed E-state index contributed by atoms with van der Waals surface area (Å²) in [6.45, 7) is 3.59. The third kappa shape index (κ3) is 2.35. The van der Waals surface area contributed by atoms with Gasteiger partial charge < -0.3 is 4.42 Å². The molecule has 0 N–H and O–H groups in total. The maximum Gasteiger partial charge on any atom is 0.262 e. The van der Waals surface area contributed by atoms with Crippen LogP contribution in [0.15, 0.2) is 45.6 Å². The number of carbonyl (C=O) groups excluding carboxylic acids is 1. The molecule has 0 radical (unpaired) electrons. The molecule has 24 heavy (non-hydrogen) atoms. The van der Waals surface area contributed by atoms with Crippen LogP contribution in [0.4, 0.5) is 0 Å². The summed E-state index contributed by atoms with van der Waals surface area (Å²) in [7, 11) is 0. The van der Waals surface area contributed by atoms with Crippen molar-refractivity contribution >= 4 is 38.3 Å². The Morgan fingerprint density at radius 1 is 1.25 bits per heavy atom. The SMILES string of the molecule is Cc1cc2c(=O)n(CC(=O)c3cc4ccccc4o3)c(C)nc2s1. The summed E-state index contributed by atoms with van der Waals surface area (Å²) in [4.78, 5) is 31.4. The lowest BCUT2D eigenvalue weighted by Gasteiger charge is -2.07. The van der Waals surface area contributed by atoms with E-state index in [4.69, 9.17) is 4.42 Å². The van der Waals surface area contributed by atoms with Crippen molar-refractivity contribution in [1.29, 1.82) is 0 Å². The predicted molar refractivity (Wildman–Crippen MR) is 93.9 cm³/mol. The number of thiophene rings is 1. The summed E-state index contributed by atoms with van der Waals surface area (Å²) in [6.07, 6.45) is 0. The summed E-state index contributed by atoms with van der Waals surface area (Å²) >= 11 is 1.48. The first-order valence-electron chi connectivity index (χ1n) is 7.52. The van der Waals surface area contributed by atoms with Crippen molar-refractivity contribution in [2.24, 2.45) is 0 Å². The van der Waals surface area contributed by atoms with Gasteiger partial charge in [0.15, 0.2) is 5.76 Å². The summed E-state index contributed by atoms with van der Waals surface area (Å²) in [5, 5.41) is 1.42. The predicted octanol–water partition coefficient (Wildman–Crippen LogP) is 3.70. The maximum atomic E-state index is 12.6. The Bertz CT molecular complexity index is 1120. The zero-order valence-corrected chi connectivity index (χ0v) is 14.0. The van der Waals surface area contributed by atoms with Gasteiger partial charge in [0.2, 0.25) is 5.78 Å². The lowest BCUT2D eigenvalue weighted by atomic mass is 10.2. The third-order valence-electron chi connectivity index (χ3n) is 3.97. The molecule has 0 spiro atoms. The van der Waals surface area contributed by atoms with E-state index in [1.54, 1.807) is 13.0 Å². The lowest BCUT2D eigenvalue weighted by Crippen LogP contribution is -2.27. The van der Waals surface area contributed by atoms with E-state index < -0.39 is 0 Å². The van der Waals surface area contributed by atoms with Gasteiger partial charge in [-0.2, -0.15) is 0 Å². The number of carbonyl (C=O) groups is 1. The summed E-state index contributed by atoms with van der Waals surface area (Å²) in [5.41, 5.74) is 0.471. The van der Waals surface area contributed by atoms with Crippen LogP contribution in [0.2, 0.25) is 0 Å². The lowest BCUT2D eigenvalue weighted by molar-refractivity contribution is 0.0944. The number of benzene rings is 1. The second-order valence-corrected chi connectivity index (χ2v) is 6.93. The molecule has 0 unspecified atom stereocenters. The number of nitrogens with zero attached hydrogens (tertiary/aromatic N) is 2. The monoisotopic (exact) mass is 338 g/mol. The molecule has 0 amide bonds. The van der Waals surface area contributed by atoms with Crippen molar-refractivity contribution in [3.8, 4) is 0 Å². The Labute approximate surface area is 141 Å². The van der Waals surface area contributed by atoms with Gasteiger partial charge in [-0.15, -0.1) is 11.3 Å². The van der Waals surface area contributed by atoms with Crippen LogP contribution in [0.5, 0.6) is 0 Å². The second-order valence-electron chi connectivity index (χ2n) is 5.70. The fourth-order valence-electron chi connectivity index (χ4n) is 2.76. The maximum absolute atomic E-state index is 12.6. The van der Waals surface area contributed by atoms with E-state index in [1.807, 2.05) is 37.3 Å². The average molecular weight is 338 g/mol. The van der Waals surface area contributed by atoms with Gasteiger partial charge in [-0.05, 0) is 32.0 Å². The Hall–Kier alpha value is -2.73. The molecule has 0 aliphatic carbocycles. The summed E-state index contributed by atoms with van der Waals surface area (Å²) in [5.74, 6) is 0.535. The number of furan rings is 1. The molecule has 0 atom stereocenters. The van der Waals surface area contributed by atoms with Crippen molar-refractivity contribution < 1.29 is 9.21 Å². The molecular formula is C18H14N2O3S. The largest absolute Gasteiger partial charge is 0.453 e. The van der Waals surface area contributed by atoms with E-state index in [1.165, 1.54) is 15.9 Å². The van der Waals surface area contributed by atoms with Gasteiger partial charge in [0.25, 0.3) is 5.56 Å². The molecule has 0 bridgehead atoms. The number of Topliss-reactive ketones (excluding diaryl/α,β-unsaturated/α-hetero) is 1. The highest BCUT2D eigenvalue weighted by molar-refractivity contribution is 7.18. The topological polar surface area (TPSA) is 65.1 Å². The van der Waals surface area contributed by atoms with Crippen molar-refractivity contribution in [3.05, 3.63) is 63.2 Å². The molecule has 3 heterocycles. The molecule has 4 rings (SSSR count). The minimum absolute atomic E-state index is 0.0810. The standard InChI is InChI=1S/C18H14N2O3S/c1-10-7-13-17(24-10)19-11(2)20(18(13)22)9-14(21)16-8-12-5-3-4-6-15(12)23-16/h3-8H,9H2,1-2H3. The normalized spacial score (nSPS) is 11.4. The molecule has 120 valence electrons. The van der Waals surface area contributed by atoms with E-state index in [0.717, 1.165) is 10.3 Å². The van der Waals surface area contributed by atoms with E-state index in [2.05, 4.69) is 4.98 Å². The van der Waals surface area contributed by atoms with Crippen molar-refractivity contribution in [2.45, 2.75) is 20.4 Å². The minimum atomic E-state index is -0.246. The summed E-state index contributed by atoms with van der Waals surface area (Å²) in [6, 6.07) is 11.0. The smallest absolute Gasteiger partial charge is 0.262 e. The van der Waals surface area contributed by atoms with E-state index in [9.17, 15) is 9.59 Å². The van der Waals surface area contributed by atoms with Gasteiger partial charge in [0.05, 0.1) is 11.9 Å². The quantitative estimate of drug-likeness (QED) is 0.534. The van der Waals surface area contributed by atoms with Gasteiger partial charge in [-0.3, -0.25) is 14.2 Å². The minimum Gasteiger partial charge on any atom is -0.453 e. The molecule has 0 aliphatic heterocycles. The number of hydrogen-bond donors (Lipinski definition) is 0. The molecule has 0 aliphatic rings. The number of para-hydroxylation sites is 1. The van der Waals surface area contributed by atoms with Crippen LogP contribution in [-0.4, -0.2) is 15.3 Å². The highest BCUT2D eigenvalue weighted by atomic mass is 32.1. The molecule has 0 saturated heterocycles. The fraction of sp³-hybridized carbons (Fsp3) is 0.167. The van der Waals surface area contributed by atoms with Crippen LogP contribution in [-0.2, 0) is 6.54 Å². The molecule has 1 aromatic carbocycles. The second kappa shape index (κ2) is 5.42. The van der Waals surface area contributed by atoms with Crippen LogP contribution < -0.4 is 5.56 Å². The summed E-state index contributed by atoms with van der Waals surface area (Å²) < 4.78 is 7.00. The molecule has 0 saturated carbocycles. The van der Waals surface area contributed by atoms with Crippen LogP contribution >= 0.6 is 11.3 Å². The first-order valence-corrected chi connectivity index (χ1v) is 8.34. The Kier molecular flexibility index (Phi) is 3.35. The Morgan fingerprint density at radius 2 is 2.04 bits per heavy atom. The highest BCUT2D eigenvalue weighted by Crippen LogP contribution is 2.22. The highest BCUT2D eigenvalue weighted by Gasteiger charge is 2.17. The van der Waals surface area contributed by atoms with Crippen LogP contribution in [0.25, 0.3) is 21.2 Å². The zero-order valence-electron chi connectivity index (χ0n) is 13.2. The Morgan fingerprint density at radius 3 is 2.83 bits per heavy atom. The van der Waals surface area contributed by atoms with Crippen LogP contribution in [0.1, 0.15) is 21.3 Å². The molecule has 0 fully saturated rings. The van der Waals surface area contributed by atoms with Gasteiger partial charge >= 0.3 is 0 Å². The van der Waals surface area contributed by atoms with Gasteiger partial charge in [0, 0.05) is 10.3 Å². The molecular weight excluding hydrogens is 324 g/mol. The van der Waals surface area contributed by atoms with Gasteiger partial charge in [-0.1, -0.05) is 18.2 Å². The first kappa shape index (κ1) is 14.8. The first-order chi connectivity index (χ1) is 11.5. The third-order valence-corrected chi connectivity index (χ3v) is 4.91. The van der Waals surface area contributed by atoms with Gasteiger partial charge in [-0.25, -0.2) is 4.98 Å². The van der Waals surface area contributed by atoms with E-state index >= 15 is 0 Å². The molecule has 6 heteroatoms. The van der Waals surface area contributed by atoms with Crippen LogP contribution in [0.3, 0.4) is 0 Å². The van der Waals surface area contributed by atoms with Crippen molar-refractivity contribution in [1.82, 2.24) is 9.55 Å². The molecule has 5 nitrogen and oxygen atoms in total. The number of rotatable bonds is 3. The van der Waals surface area contributed by atoms with Crippen LogP contribution in [0, 0.1) is 13.8 Å². The van der Waals surface area contributed by atoms with Crippen molar-refractivity contribution in [3.63, 3.8) is 0 Å².